The lowest BCUT2D eigenvalue weighted by Crippen LogP contribution is -2.51. The Morgan fingerprint density at radius 1 is 1.23 bits per heavy atom. The highest BCUT2D eigenvalue weighted by molar-refractivity contribution is 5.93. The van der Waals surface area contributed by atoms with E-state index in [4.69, 9.17) is 4.74 Å². The van der Waals surface area contributed by atoms with E-state index >= 15 is 0 Å². The molecule has 2 aromatic rings. The van der Waals surface area contributed by atoms with Crippen LogP contribution in [0.4, 0.5) is 0 Å². The van der Waals surface area contributed by atoms with Crippen molar-refractivity contribution in [1.29, 1.82) is 0 Å². The zero-order chi connectivity index (χ0) is 18.5. The summed E-state index contributed by atoms with van der Waals surface area (Å²) in [6, 6.07) is 9.65. The van der Waals surface area contributed by atoms with Gasteiger partial charge in [0.2, 0.25) is 0 Å². The molecule has 2 heterocycles. The number of carbonyl (C=O) groups is 1. The number of hydrogen-bond acceptors (Lipinski definition) is 6. The fourth-order valence-corrected chi connectivity index (χ4v) is 3.17. The summed E-state index contributed by atoms with van der Waals surface area (Å²) in [5, 5.41) is 18.1. The maximum atomic E-state index is 12.8. The standard InChI is InChI=1S/C18H25N5O3/c1-14-17(19-20-23(14)15-6-4-3-5-7-15)18(25)22-10-8-21(9-11-22)12-16(24)13-26-2/h3-7,16,24H,8-13H2,1-2H3/t16-/m1/s1. The van der Waals surface area contributed by atoms with Gasteiger partial charge in [0, 0.05) is 39.8 Å². The quantitative estimate of drug-likeness (QED) is 0.801. The van der Waals surface area contributed by atoms with Crippen molar-refractivity contribution in [3.63, 3.8) is 0 Å². The van der Waals surface area contributed by atoms with E-state index in [-0.39, 0.29) is 5.91 Å². The van der Waals surface area contributed by atoms with Crippen LogP contribution in [-0.2, 0) is 4.74 Å². The first-order chi connectivity index (χ1) is 12.6. The van der Waals surface area contributed by atoms with Gasteiger partial charge in [-0.2, -0.15) is 0 Å². The monoisotopic (exact) mass is 359 g/mol. The summed E-state index contributed by atoms with van der Waals surface area (Å²) in [7, 11) is 1.57. The van der Waals surface area contributed by atoms with Crippen LogP contribution in [0.5, 0.6) is 0 Å². The topological polar surface area (TPSA) is 83.7 Å². The first kappa shape index (κ1) is 18.5. The smallest absolute Gasteiger partial charge is 0.276 e. The van der Waals surface area contributed by atoms with Crippen LogP contribution in [0.3, 0.4) is 0 Å². The van der Waals surface area contributed by atoms with Gasteiger partial charge >= 0.3 is 0 Å². The molecule has 0 aliphatic carbocycles. The molecule has 0 bridgehead atoms. The predicted octanol–water partition coefficient (Wildman–Crippen LogP) is 0.341. The minimum Gasteiger partial charge on any atom is -0.389 e. The SMILES string of the molecule is COC[C@H](O)CN1CCN(C(=O)c2nnn(-c3ccccc3)c2C)CC1. The molecule has 26 heavy (non-hydrogen) atoms. The number of para-hydroxylation sites is 1. The van der Waals surface area contributed by atoms with Crippen molar-refractivity contribution in [2.45, 2.75) is 13.0 Å². The van der Waals surface area contributed by atoms with Crippen LogP contribution < -0.4 is 0 Å². The molecule has 8 nitrogen and oxygen atoms in total. The van der Waals surface area contributed by atoms with E-state index in [1.165, 1.54) is 0 Å². The fourth-order valence-electron chi connectivity index (χ4n) is 3.17. The van der Waals surface area contributed by atoms with E-state index in [0.717, 1.165) is 24.5 Å². The molecule has 1 aliphatic rings. The van der Waals surface area contributed by atoms with Crippen molar-refractivity contribution in [3.8, 4) is 5.69 Å². The van der Waals surface area contributed by atoms with Crippen molar-refractivity contribution < 1.29 is 14.6 Å². The van der Waals surface area contributed by atoms with Crippen molar-refractivity contribution in [2.75, 3.05) is 46.4 Å². The lowest BCUT2D eigenvalue weighted by atomic mass is 10.2. The lowest BCUT2D eigenvalue weighted by molar-refractivity contribution is 0.0231. The second-order valence-electron chi connectivity index (χ2n) is 6.47. The van der Waals surface area contributed by atoms with Crippen LogP contribution in [0.15, 0.2) is 30.3 Å². The number of rotatable bonds is 6. The molecule has 0 spiro atoms. The molecule has 0 radical (unpaired) electrons. The molecule has 1 saturated heterocycles. The number of ether oxygens (including phenoxy) is 1. The molecule has 8 heteroatoms. The van der Waals surface area contributed by atoms with Crippen LogP contribution in [0.1, 0.15) is 16.2 Å². The number of carbonyl (C=O) groups excluding carboxylic acids is 1. The van der Waals surface area contributed by atoms with Gasteiger partial charge in [0.25, 0.3) is 5.91 Å². The largest absolute Gasteiger partial charge is 0.389 e. The number of β-amino-alcohol motifs (C(OH)–C–C–N with tert-alkyl or cyclic N) is 1. The summed E-state index contributed by atoms with van der Waals surface area (Å²) in [5.41, 5.74) is 2.01. The van der Waals surface area contributed by atoms with Gasteiger partial charge in [-0.15, -0.1) is 5.10 Å². The highest BCUT2D eigenvalue weighted by Gasteiger charge is 2.27. The summed E-state index contributed by atoms with van der Waals surface area (Å²) in [5.74, 6) is -0.0956. The van der Waals surface area contributed by atoms with Gasteiger partial charge in [-0.25, -0.2) is 4.68 Å². The molecule has 1 atom stereocenters. The fraction of sp³-hybridized carbons (Fsp3) is 0.500. The molecule has 1 aromatic carbocycles. The molecule has 1 aliphatic heterocycles. The van der Waals surface area contributed by atoms with E-state index in [0.29, 0.717) is 31.9 Å². The Morgan fingerprint density at radius 3 is 2.58 bits per heavy atom. The Kier molecular flexibility index (Phi) is 5.97. The number of nitrogens with zero attached hydrogens (tertiary/aromatic N) is 5. The number of benzene rings is 1. The van der Waals surface area contributed by atoms with Crippen LogP contribution >= 0.6 is 0 Å². The van der Waals surface area contributed by atoms with Crippen molar-refractivity contribution in [3.05, 3.63) is 41.7 Å². The molecular formula is C18H25N5O3. The maximum absolute atomic E-state index is 12.8. The van der Waals surface area contributed by atoms with E-state index in [2.05, 4.69) is 15.2 Å². The highest BCUT2D eigenvalue weighted by Crippen LogP contribution is 2.14. The minimum absolute atomic E-state index is 0.0956. The zero-order valence-electron chi connectivity index (χ0n) is 15.2. The summed E-state index contributed by atoms with van der Waals surface area (Å²) < 4.78 is 6.64. The van der Waals surface area contributed by atoms with Gasteiger partial charge in [0.1, 0.15) is 0 Å². The number of aliphatic hydroxyl groups is 1. The summed E-state index contributed by atoms with van der Waals surface area (Å²) in [4.78, 5) is 16.8. The Bertz CT molecular complexity index is 726. The van der Waals surface area contributed by atoms with Crippen LogP contribution in [0, 0.1) is 6.92 Å². The highest BCUT2D eigenvalue weighted by atomic mass is 16.5. The molecular weight excluding hydrogens is 334 g/mol. The average molecular weight is 359 g/mol. The Hall–Kier alpha value is -2.29. The van der Waals surface area contributed by atoms with Gasteiger partial charge in [-0.1, -0.05) is 23.4 Å². The molecule has 1 amide bonds. The van der Waals surface area contributed by atoms with Crippen LogP contribution in [0.25, 0.3) is 5.69 Å². The second-order valence-corrected chi connectivity index (χ2v) is 6.47. The summed E-state index contributed by atoms with van der Waals surface area (Å²) in [6.45, 7) is 5.39. The molecule has 0 saturated carbocycles. The van der Waals surface area contributed by atoms with Crippen molar-refractivity contribution in [2.24, 2.45) is 0 Å². The maximum Gasteiger partial charge on any atom is 0.276 e. The van der Waals surface area contributed by atoms with Gasteiger partial charge in [0.15, 0.2) is 5.69 Å². The Balaban J connectivity index is 1.62. The molecule has 1 fully saturated rings. The number of hydrogen-bond donors (Lipinski definition) is 1. The van der Waals surface area contributed by atoms with Crippen LogP contribution in [-0.4, -0.2) is 88.4 Å². The number of piperazine rings is 1. The third kappa shape index (κ3) is 4.09. The summed E-state index contributed by atoms with van der Waals surface area (Å²) >= 11 is 0. The number of aromatic nitrogens is 3. The molecule has 1 aromatic heterocycles. The van der Waals surface area contributed by atoms with E-state index in [1.807, 2.05) is 37.3 Å². The van der Waals surface area contributed by atoms with Gasteiger partial charge < -0.3 is 14.7 Å². The third-order valence-electron chi connectivity index (χ3n) is 4.59. The van der Waals surface area contributed by atoms with Crippen LogP contribution in [0.2, 0.25) is 0 Å². The van der Waals surface area contributed by atoms with Crippen molar-refractivity contribution in [1.82, 2.24) is 24.8 Å². The average Bonchev–Trinajstić information content (AvgIpc) is 3.04. The number of methoxy groups -OCH3 is 1. The predicted molar refractivity (Wildman–Crippen MR) is 96.3 cm³/mol. The van der Waals surface area contributed by atoms with Gasteiger partial charge in [-0.3, -0.25) is 9.69 Å². The molecule has 0 unspecified atom stereocenters. The molecule has 140 valence electrons. The number of amides is 1. The molecule has 1 N–H and O–H groups in total. The minimum atomic E-state index is -0.504. The number of aliphatic hydroxyl groups excluding tert-OH is 1. The van der Waals surface area contributed by atoms with E-state index in [1.54, 1.807) is 16.7 Å². The van der Waals surface area contributed by atoms with E-state index < -0.39 is 6.10 Å². The Morgan fingerprint density at radius 2 is 1.92 bits per heavy atom. The first-order valence-corrected chi connectivity index (χ1v) is 8.76. The normalized spacial score (nSPS) is 16.7. The lowest BCUT2D eigenvalue weighted by Gasteiger charge is -2.35. The third-order valence-corrected chi connectivity index (χ3v) is 4.59. The molecule has 3 rings (SSSR count). The van der Waals surface area contributed by atoms with Gasteiger partial charge in [0.05, 0.1) is 24.1 Å². The summed E-state index contributed by atoms with van der Waals surface area (Å²) in [6.07, 6.45) is -0.504. The zero-order valence-corrected chi connectivity index (χ0v) is 15.2. The van der Waals surface area contributed by atoms with Gasteiger partial charge in [-0.05, 0) is 19.1 Å². The second kappa shape index (κ2) is 8.39. The first-order valence-electron chi connectivity index (χ1n) is 8.76. The Labute approximate surface area is 153 Å². The van der Waals surface area contributed by atoms with Crippen molar-refractivity contribution >= 4 is 5.91 Å². The van der Waals surface area contributed by atoms with E-state index in [9.17, 15) is 9.90 Å².